The van der Waals surface area contributed by atoms with Gasteiger partial charge in [-0.05, 0) is 245 Å². The number of aldehydes is 1. The molecule has 0 aromatic heterocycles. The second kappa shape index (κ2) is 15.6. The number of carbonyl (C=O) groups is 1. The number of hydrogen-bond donors (Lipinski definition) is 2. The van der Waals surface area contributed by atoms with Crippen LogP contribution in [0.2, 0.25) is 0 Å². The van der Waals surface area contributed by atoms with Gasteiger partial charge in [-0.2, -0.15) is 0 Å². The highest BCUT2D eigenvalue weighted by atomic mass is 16.3. The minimum absolute atomic E-state index is 0.0157. The summed E-state index contributed by atoms with van der Waals surface area (Å²) >= 11 is 0. The number of aliphatic hydroxyl groups excluding tert-OH is 2. The third kappa shape index (κ3) is 6.30. The van der Waals surface area contributed by atoms with Crippen LogP contribution in [0, 0.1) is 113 Å². The van der Waals surface area contributed by atoms with Crippen molar-refractivity contribution in [2.75, 3.05) is 7.05 Å². The highest BCUT2D eigenvalue weighted by Crippen LogP contribution is 2.79. The standard InChI is InChI=1S/C31H51NO.C30H48O2/c1-20(2)21-11-16-31(19-32-8)18-17-29(6)22(26(21)31)9-10-24-28(5)14-13-25(33)27(3,4)23(28)12-15-30(24,29)7;1-19(2)20-10-15-30(18-31)17-16-28(6)21(25(20)30)8-9-23-27(5)13-12-24(32)26(3,4)22(27)11-14-29(23,28)7/h19,21-26,33H,1,9-18H2,2-8H3;18,20-25,32H,1,8-17H2,2-7H3/t21-,22?,23?,24?,25-,26?,28-,29+,30+,31+;20-,21?,22?,23?,24-,25?,27-,28+,29+,30+/m00/s1. The van der Waals surface area contributed by atoms with Crippen LogP contribution in [-0.4, -0.2) is 42.0 Å². The van der Waals surface area contributed by atoms with Gasteiger partial charge in [-0.1, -0.05) is 93.5 Å². The van der Waals surface area contributed by atoms with Gasteiger partial charge in [0.2, 0.25) is 0 Å². The summed E-state index contributed by atoms with van der Waals surface area (Å²) in [7, 11) is 1.99. The molecule has 8 unspecified atom stereocenters. The second-order valence-electron chi connectivity index (χ2n) is 29.1. The lowest BCUT2D eigenvalue weighted by Crippen LogP contribution is -2.66. The molecule has 10 aliphatic rings. The van der Waals surface area contributed by atoms with Crippen molar-refractivity contribution < 1.29 is 15.0 Å². The average Bonchev–Trinajstić information content (AvgIpc) is 3.82. The third-order valence-electron chi connectivity index (χ3n) is 26.8. The Kier molecular flexibility index (Phi) is 11.7. The molecule has 0 amide bonds. The SMILES string of the molecule is C=C(C)[C@@H]1CC[C@]2(C=NC)CC[C@]3(C)C(CCC4[C@@]5(C)CC[C@H](O)C(C)(C)C5CC[C@]43C)C12.C=C(C)[C@@H]1CC[C@]2(C=O)CC[C@]3(C)C(CCC4[C@@]5(C)CC[C@H](O)C(C)(C)C5CC[C@]43C)C12. The van der Waals surface area contributed by atoms with Crippen LogP contribution in [-0.2, 0) is 4.79 Å². The van der Waals surface area contributed by atoms with Crippen molar-refractivity contribution in [3.8, 4) is 0 Å². The zero-order valence-corrected chi connectivity index (χ0v) is 44.4. The molecule has 0 heterocycles. The van der Waals surface area contributed by atoms with Gasteiger partial charge in [-0.15, -0.1) is 0 Å². The van der Waals surface area contributed by atoms with Gasteiger partial charge in [0.25, 0.3) is 0 Å². The van der Waals surface area contributed by atoms with Crippen molar-refractivity contribution in [3.05, 3.63) is 24.3 Å². The van der Waals surface area contributed by atoms with E-state index in [0.29, 0.717) is 73.4 Å². The first kappa shape index (κ1) is 48.8. The van der Waals surface area contributed by atoms with E-state index in [1.165, 1.54) is 114 Å². The first-order valence-electron chi connectivity index (χ1n) is 27.8. The predicted octanol–water partition coefficient (Wildman–Crippen LogP) is 14.9. The molecule has 366 valence electrons. The lowest BCUT2D eigenvalue weighted by Gasteiger charge is -2.72. The lowest BCUT2D eigenvalue weighted by atomic mass is 9.32. The van der Waals surface area contributed by atoms with Crippen molar-refractivity contribution >= 4 is 12.5 Å². The minimum Gasteiger partial charge on any atom is -0.393 e. The van der Waals surface area contributed by atoms with E-state index in [0.717, 1.165) is 55.8 Å². The Morgan fingerprint density at radius 2 is 0.877 bits per heavy atom. The number of hydrogen-bond acceptors (Lipinski definition) is 4. The molecule has 0 aliphatic heterocycles. The van der Waals surface area contributed by atoms with Crippen molar-refractivity contribution in [2.24, 2.45) is 118 Å². The third-order valence-corrected chi connectivity index (χ3v) is 26.8. The molecular formula is C61H99NO3. The van der Waals surface area contributed by atoms with E-state index in [-0.39, 0.29) is 28.5 Å². The van der Waals surface area contributed by atoms with Gasteiger partial charge in [-0.3, -0.25) is 0 Å². The minimum atomic E-state index is -0.158. The molecule has 20 atom stereocenters. The maximum atomic E-state index is 12.6. The Morgan fingerprint density at radius 1 is 0.477 bits per heavy atom. The maximum absolute atomic E-state index is 12.6. The molecule has 4 nitrogen and oxygen atoms in total. The molecule has 65 heavy (non-hydrogen) atoms. The highest BCUT2D eigenvalue weighted by Gasteiger charge is 2.73. The molecular weight excluding hydrogens is 795 g/mol. The number of aliphatic hydroxyl groups is 2. The quantitative estimate of drug-likeness (QED) is 0.168. The summed E-state index contributed by atoms with van der Waals surface area (Å²) in [5.74, 6) is 6.65. The molecule has 0 bridgehead atoms. The Bertz CT molecular complexity index is 1930. The van der Waals surface area contributed by atoms with Crippen LogP contribution in [0.25, 0.3) is 0 Å². The maximum Gasteiger partial charge on any atom is 0.126 e. The zero-order valence-electron chi connectivity index (χ0n) is 44.4. The number of rotatable bonds is 4. The molecule has 0 spiro atoms. The fourth-order valence-corrected chi connectivity index (χ4v) is 23.1. The van der Waals surface area contributed by atoms with Crippen molar-refractivity contribution in [1.29, 1.82) is 0 Å². The molecule has 10 aliphatic carbocycles. The van der Waals surface area contributed by atoms with E-state index in [2.05, 4.69) is 107 Å². The van der Waals surface area contributed by atoms with E-state index in [9.17, 15) is 15.0 Å². The summed E-state index contributed by atoms with van der Waals surface area (Å²) in [6.07, 6.45) is 28.2. The van der Waals surface area contributed by atoms with E-state index >= 15 is 0 Å². The summed E-state index contributed by atoms with van der Waals surface area (Å²) in [6, 6.07) is 0. The van der Waals surface area contributed by atoms with Crippen LogP contribution in [0.1, 0.15) is 212 Å². The molecule has 0 aromatic rings. The molecule has 0 radical (unpaired) electrons. The largest absolute Gasteiger partial charge is 0.393 e. The molecule has 4 heteroatoms. The van der Waals surface area contributed by atoms with Crippen LogP contribution in [0.5, 0.6) is 0 Å². The molecule has 10 fully saturated rings. The van der Waals surface area contributed by atoms with Crippen molar-refractivity contribution in [3.63, 3.8) is 0 Å². The summed E-state index contributed by atoms with van der Waals surface area (Å²) in [5, 5.41) is 21.8. The molecule has 2 N–H and O–H groups in total. The molecule has 0 aromatic carbocycles. The van der Waals surface area contributed by atoms with Gasteiger partial charge in [0.1, 0.15) is 6.29 Å². The molecule has 10 saturated carbocycles. The fourth-order valence-electron chi connectivity index (χ4n) is 23.1. The van der Waals surface area contributed by atoms with Gasteiger partial charge >= 0.3 is 0 Å². The van der Waals surface area contributed by atoms with Crippen LogP contribution in [0.3, 0.4) is 0 Å². The smallest absolute Gasteiger partial charge is 0.126 e. The van der Waals surface area contributed by atoms with Crippen molar-refractivity contribution in [2.45, 2.75) is 224 Å². The number of aliphatic imine (C=N–C) groups is 1. The number of nitrogens with zero attached hydrogens (tertiary/aromatic N) is 1. The summed E-state index contributed by atoms with van der Waals surface area (Å²) in [4.78, 5) is 17.2. The Morgan fingerprint density at radius 3 is 1.28 bits per heavy atom. The van der Waals surface area contributed by atoms with Gasteiger partial charge < -0.3 is 20.0 Å². The number of allylic oxidation sites excluding steroid dienone is 2. The van der Waals surface area contributed by atoms with Gasteiger partial charge in [0.15, 0.2) is 0 Å². The first-order chi connectivity index (χ1) is 30.2. The van der Waals surface area contributed by atoms with Crippen molar-refractivity contribution in [1.82, 2.24) is 0 Å². The average molecular weight is 894 g/mol. The normalized spacial score (nSPS) is 55.9. The van der Waals surface area contributed by atoms with E-state index in [4.69, 9.17) is 0 Å². The van der Waals surface area contributed by atoms with Crippen LogP contribution >= 0.6 is 0 Å². The van der Waals surface area contributed by atoms with Crippen LogP contribution in [0.4, 0.5) is 0 Å². The summed E-state index contributed by atoms with van der Waals surface area (Å²) < 4.78 is 0. The van der Waals surface area contributed by atoms with E-state index < -0.39 is 0 Å². The second-order valence-corrected chi connectivity index (χ2v) is 29.1. The topological polar surface area (TPSA) is 69.9 Å². The fraction of sp³-hybridized carbons (Fsp3) is 0.902. The number of carbonyl (C=O) groups excluding carboxylic acids is 1. The monoisotopic (exact) mass is 894 g/mol. The van der Waals surface area contributed by atoms with Crippen LogP contribution < -0.4 is 0 Å². The van der Waals surface area contributed by atoms with Crippen LogP contribution in [0.15, 0.2) is 29.3 Å². The lowest BCUT2D eigenvalue weighted by molar-refractivity contribution is -0.245. The molecule has 10 rings (SSSR count). The van der Waals surface area contributed by atoms with E-state index in [1.807, 2.05) is 7.05 Å². The summed E-state index contributed by atoms with van der Waals surface area (Å²) in [5.41, 5.74) is 5.14. The number of fused-ring (bicyclic) bond motifs is 14. The van der Waals surface area contributed by atoms with Gasteiger partial charge in [0.05, 0.1) is 12.2 Å². The van der Waals surface area contributed by atoms with Gasteiger partial charge in [-0.25, -0.2) is 0 Å². The summed E-state index contributed by atoms with van der Waals surface area (Å²) in [6.45, 7) is 38.8. The zero-order chi connectivity index (χ0) is 47.3. The molecule has 0 saturated heterocycles. The highest BCUT2D eigenvalue weighted by molar-refractivity contribution is 5.68. The first-order valence-corrected chi connectivity index (χ1v) is 27.8. The Labute approximate surface area is 399 Å². The predicted molar refractivity (Wildman–Crippen MR) is 270 cm³/mol. The Hall–Kier alpha value is -1.26. The van der Waals surface area contributed by atoms with E-state index in [1.54, 1.807) is 0 Å². The van der Waals surface area contributed by atoms with Gasteiger partial charge in [0, 0.05) is 24.1 Å². The Balaban J connectivity index is 0.000000164.